The van der Waals surface area contributed by atoms with Gasteiger partial charge in [0, 0.05) is 19.7 Å². The minimum atomic E-state index is -3.08. The average Bonchev–Trinajstić information content (AvgIpc) is 2.49. The summed E-state index contributed by atoms with van der Waals surface area (Å²) in [5.41, 5.74) is 0. The van der Waals surface area contributed by atoms with Crippen LogP contribution in [-0.4, -0.2) is 43.3 Å². The molecule has 0 bridgehead atoms. The number of aliphatic hydroxyl groups is 1. The molecule has 1 N–H and O–H groups in total. The lowest BCUT2D eigenvalue weighted by Gasteiger charge is -2.15. The quantitative estimate of drug-likeness (QED) is 0.708. The minimum absolute atomic E-state index is 0.0530. The standard InChI is InChI=1S/C8H17NO3S/c1-8-3-4-9(7-8)13(11,12)6-2-5-10/h8,10H,2-7H2,1H3. The van der Waals surface area contributed by atoms with Crippen molar-refractivity contribution in [3.63, 3.8) is 0 Å². The molecule has 1 heterocycles. The summed E-state index contributed by atoms with van der Waals surface area (Å²) in [6, 6.07) is 0. The van der Waals surface area contributed by atoms with Crippen LogP contribution in [0.5, 0.6) is 0 Å². The lowest BCUT2D eigenvalue weighted by atomic mass is 10.2. The highest BCUT2D eigenvalue weighted by Gasteiger charge is 2.28. The van der Waals surface area contributed by atoms with Gasteiger partial charge in [-0.2, -0.15) is 0 Å². The van der Waals surface area contributed by atoms with Gasteiger partial charge in [0.2, 0.25) is 10.0 Å². The third-order valence-electron chi connectivity index (χ3n) is 2.34. The molecule has 1 aliphatic heterocycles. The fourth-order valence-electron chi connectivity index (χ4n) is 1.52. The molecule has 0 radical (unpaired) electrons. The normalized spacial score (nSPS) is 25.2. The van der Waals surface area contributed by atoms with Gasteiger partial charge in [-0.1, -0.05) is 6.92 Å². The first kappa shape index (κ1) is 10.9. The van der Waals surface area contributed by atoms with Crippen molar-refractivity contribution >= 4 is 10.0 Å². The van der Waals surface area contributed by atoms with E-state index >= 15 is 0 Å². The number of sulfonamides is 1. The number of aliphatic hydroxyl groups excluding tert-OH is 1. The average molecular weight is 207 g/mol. The summed E-state index contributed by atoms with van der Waals surface area (Å²) in [7, 11) is -3.08. The number of hydrogen-bond donors (Lipinski definition) is 1. The van der Waals surface area contributed by atoms with Crippen LogP contribution in [0.15, 0.2) is 0 Å². The SMILES string of the molecule is CC1CCN(S(=O)(=O)CCCO)C1. The highest BCUT2D eigenvalue weighted by Crippen LogP contribution is 2.18. The highest BCUT2D eigenvalue weighted by molar-refractivity contribution is 7.89. The zero-order valence-corrected chi connectivity index (χ0v) is 8.76. The predicted molar refractivity (Wildman–Crippen MR) is 50.8 cm³/mol. The van der Waals surface area contributed by atoms with Crippen molar-refractivity contribution in [3.05, 3.63) is 0 Å². The Morgan fingerprint density at radius 1 is 1.54 bits per heavy atom. The first-order chi connectivity index (χ1) is 6.06. The molecule has 0 aromatic heterocycles. The molecule has 78 valence electrons. The van der Waals surface area contributed by atoms with Crippen LogP contribution in [0.25, 0.3) is 0 Å². The molecule has 0 aromatic rings. The van der Waals surface area contributed by atoms with Crippen molar-refractivity contribution in [2.45, 2.75) is 19.8 Å². The Balaban J connectivity index is 2.50. The third kappa shape index (κ3) is 2.93. The van der Waals surface area contributed by atoms with Crippen LogP contribution < -0.4 is 0 Å². The maximum atomic E-state index is 11.6. The highest BCUT2D eigenvalue weighted by atomic mass is 32.2. The Kier molecular flexibility index (Phi) is 3.70. The van der Waals surface area contributed by atoms with Gasteiger partial charge in [-0.3, -0.25) is 0 Å². The number of rotatable bonds is 4. The maximum absolute atomic E-state index is 11.6. The second kappa shape index (κ2) is 4.39. The monoisotopic (exact) mass is 207 g/mol. The topological polar surface area (TPSA) is 57.6 Å². The number of nitrogens with zero attached hydrogens (tertiary/aromatic N) is 1. The Morgan fingerprint density at radius 3 is 2.69 bits per heavy atom. The van der Waals surface area contributed by atoms with E-state index in [-0.39, 0.29) is 12.4 Å². The van der Waals surface area contributed by atoms with Gasteiger partial charge in [0.25, 0.3) is 0 Å². The molecule has 0 amide bonds. The largest absolute Gasteiger partial charge is 0.396 e. The first-order valence-electron chi connectivity index (χ1n) is 4.65. The van der Waals surface area contributed by atoms with E-state index in [1.54, 1.807) is 0 Å². The van der Waals surface area contributed by atoms with Crippen LogP contribution >= 0.6 is 0 Å². The summed E-state index contributed by atoms with van der Waals surface area (Å²) in [5.74, 6) is 0.555. The van der Waals surface area contributed by atoms with Gasteiger partial charge >= 0.3 is 0 Å². The smallest absolute Gasteiger partial charge is 0.214 e. The second-order valence-electron chi connectivity index (χ2n) is 3.65. The van der Waals surface area contributed by atoms with Crippen LogP contribution in [-0.2, 0) is 10.0 Å². The first-order valence-corrected chi connectivity index (χ1v) is 6.26. The maximum Gasteiger partial charge on any atom is 0.214 e. The molecule has 0 spiro atoms. The Morgan fingerprint density at radius 2 is 2.23 bits per heavy atom. The summed E-state index contributed by atoms with van der Waals surface area (Å²) < 4.78 is 24.6. The third-order valence-corrected chi connectivity index (χ3v) is 4.26. The molecular weight excluding hydrogens is 190 g/mol. The van der Waals surface area contributed by atoms with Gasteiger partial charge in [0.15, 0.2) is 0 Å². The van der Waals surface area contributed by atoms with Crippen molar-refractivity contribution in [1.82, 2.24) is 4.31 Å². The molecule has 1 rings (SSSR count). The molecule has 0 saturated carbocycles. The van der Waals surface area contributed by atoms with E-state index in [1.165, 1.54) is 4.31 Å². The van der Waals surface area contributed by atoms with Crippen LogP contribution in [0.4, 0.5) is 0 Å². The number of hydrogen-bond acceptors (Lipinski definition) is 3. The van der Waals surface area contributed by atoms with Crippen molar-refractivity contribution in [2.75, 3.05) is 25.4 Å². The van der Waals surface area contributed by atoms with E-state index in [1.807, 2.05) is 0 Å². The lowest BCUT2D eigenvalue weighted by Crippen LogP contribution is -2.31. The van der Waals surface area contributed by atoms with E-state index in [2.05, 4.69) is 6.92 Å². The molecule has 1 atom stereocenters. The van der Waals surface area contributed by atoms with Crippen LogP contribution in [0.2, 0.25) is 0 Å². The van der Waals surface area contributed by atoms with E-state index in [4.69, 9.17) is 5.11 Å². The van der Waals surface area contributed by atoms with Gasteiger partial charge < -0.3 is 5.11 Å². The van der Waals surface area contributed by atoms with Crippen molar-refractivity contribution in [2.24, 2.45) is 5.92 Å². The molecule has 4 nitrogen and oxygen atoms in total. The molecule has 0 aliphatic carbocycles. The van der Waals surface area contributed by atoms with Gasteiger partial charge in [0.05, 0.1) is 5.75 Å². The van der Waals surface area contributed by atoms with Crippen molar-refractivity contribution in [1.29, 1.82) is 0 Å². The second-order valence-corrected chi connectivity index (χ2v) is 5.73. The van der Waals surface area contributed by atoms with E-state index in [9.17, 15) is 8.42 Å². The molecule has 1 saturated heterocycles. The molecule has 1 unspecified atom stereocenters. The van der Waals surface area contributed by atoms with Gasteiger partial charge in [0.1, 0.15) is 0 Å². The van der Waals surface area contributed by atoms with Crippen LogP contribution in [0, 0.1) is 5.92 Å². The molecule has 5 heteroatoms. The summed E-state index contributed by atoms with van der Waals surface area (Å²) in [5, 5.41) is 8.54. The Bertz CT molecular complexity index is 250. The molecule has 0 aromatic carbocycles. The minimum Gasteiger partial charge on any atom is -0.396 e. The zero-order chi connectivity index (χ0) is 9.90. The van der Waals surface area contributed by atoms with Crippen LogP contribution in [0.3, 0.4) is 0 Å². The van der Waals surface area contributed by atoms with Crippen LogP contribution in [0.1, 0.15) is 19.8 Å². The zero-order valence-electron chi connectivity index (χ0n) is 7.94. The summed E-state index contributed by atoms with van der Waals surface area (Å²) in [6.45, 7) is 3.30. The predicted octanol–water partition coefficient (Wildman–Crippen LogP) is 0.0404. The van der Waals surface area contributed by atoms with Gasteiger partial charge in [-0.15, -0.1) is 0 Å². The lowest BCUT2D eigenvalue weighted by molar-refractivity contribution is 0.294. The molecular formula is C8H17NO3S. The summed E-state index contributed by atoms with van der Waals surface area (Å²) >= 11 is 0. The summed E-state index contributed by atoms with van der Waals surface area (Å²) in [4.78, 5) is 0. The molecule has 1 aliphatic rings. The van der Waals surface area contributed by atoms with Crippen molar-refractivity contribution < 1.29 is 13.5 Å². The van der Waals surface area contributed by atoms with Gasteiger partial charge in [-0.25, -0.2) is 12.7 Å². The Labute approximate surface area is 79.6 Å². The molecule has 1 fully saturated rings. The summed E-state index contributed by atoms with van der Waals surface area (Å²) in [6.07, 6.45) is 1.30. The van der Waals surface area contributed by atoms with Crippen molar-refractivity contribution in [3.8, 4) is 0 Å². The fourth-order valence-corrected chi connectivity index (χ4v) is 3.14. The van der Waals surface area contributed by atoms with E-state index in [0.717, 1.165) is 6.42 Å². The van der Waals surface area contributed by atoms with E-state index < -0.39 is 10.0 Å². The fraction of sp³-hybridized carbons (Fsp3) is 1.00. The molecule has 13 heavy (non-hydrogen) atoms. The van der Waals surface area contributed by atoms with E-state index in [0.29, 0.717) is 25.4 Å². The Hall–Kier alpha value is -0.130. The van der Waals surface area contributed by atoms with Gasteiger partial charge in [-0.05, 0) is 18.8 Å².